The minimum atomic E-state index is -0.727. The Labute approximate surface area is 151 Å². The van der Waals surface area contributed by atoms with Crippen molar-refractivity contribution in [2.75, 3.05) is 0 Å². The molecule has 2 heteroatoms. The first-order chi connectivity index (χ1) is 11.6. The third-order valence-corrected chi connectivity index (χ3v) is 5.26. The van der Waals surface area contributed by atoms with Crippen LogP contribution in [-0.2, 0) is 0 Å². The summed E-state index contributed by atoms with van der Waals surface area (Å²) in [5, 5.41) is 10.2. The summed E-state index contributed by atoms with van der Waals surface area (Å²) in [6, 6.07) is 0. The highest BCUT2D eigenvalue weighted by Gasteiger charge is 2.18. The highest BCUT2D eigenvalue weighted by atomic mass is 19.1. The Morgan fingerprint density at radius 3 is 1.62 bits per heavy atom. The molecule has 0 aliphatic rings. The van der Waals surface area contributed by atoms with Gasteiger partial charge in [0.1, 0.15) is 6.17 Å². The van der Waals surface area contributed by atoms with E-state index in [9.17, 15) is 9.50 Å². The van der Waals surface area contributed by atoms with Gasteiger partial charge in [0.15, 0.2) is 0 Å². The van der Waals surface area contributed by atoms with E-state index >= 15 is 0 Å². The number of rotatable bonds is 18. The molecule has 0 aromatic rings. The highest BCUT2D eigenvalue weighted by molar-refractivity contribution is 4.69. The van der Waals surface area contributed by atoms with Crippen LogP contribution in [0.15, 0.2) is 0 Å². The molecular weight excluding hydrogens is 299 g/mol. The fourth-order valence-electron chi connectivity index (χ4n) is 3.42. The van der Waals surface area contributed by atoms with Gasteiger partial charge in [-0.15, -0.1) is 0 Å². The zero-order chi connectivity index (χ0) is 18.0. The van der Waals surface area contributed by atoms with Gasteiger partial charge in [-0.05, 0) is 25.2 Å². The first kappa shape index (κ1) is 23.9. The van der Waals surface area contributed by atoms with Crippen molar-refractivity contribution in [1.29, 1.82) is 0 Å². The third-order valence-electron chi connectivity index (χ3n) is 5.26. The topological polar surface area (TPSA) is 20.2 Å². The Kier molecular flexibility index (Phi) is 17.6. The van der Waals surface area contributed by atoms with Crippen molar-refractivity contribution in [1.82, 2.24) is 0 Å². The van der Waals surface area contributed by atoms with Crippen LogP contribution >= 0.6 is 0 Å². The van der Waals surface area contributed by atoms with Crippen molar-refractivity contribution in [2.45, 2.75) is 136 Å². The highest BCUT2D eigenvalue weighted by Crippen LogP contribution is 2.21. The summed E-state index contributed by atoms with van der Waals surface area (Å²) < 4.78 is 13.9. The van der Waals surface area contributed by atoms with Gasteiger partial charge in [0.25, 0.3) is 0 Å². The Morgan fingerprint density at radius 1 is 0.667 bits per heavy atom. The number of halogens is 1. The molecule has 0 amide bonds. The second-order valence-electron chi connectivity index (χ2n) is 7.84. The van der Waals surface area contributed by atoms with Gasteiger partial charge in [-0.2, -0.15) is 0 Å². The van der Waals surface area contributed by atoms with Crippen LogP contribution in [0.2, 0.25) is 0 Å². The fraction of sp³-hybridized carbons (Fsp3) is 1.00. The maximum atomic E-state index is 13.9. The summed E-state index contributed by atoms with van der Waals surface area (Å²) in [5.41, 5.74) is 0. The molecule has 1 nitrogen and oxygen atoms in total. The van der Waals surface area contributed by atoms with Crippen LogP contribution in [0.5, 0.6) is 0 Å². The zero-order valence-electron chi connectivity index (χ0n) is 16.9. The fourth-order valence-corrected chi connectivity index (χ4v) is 3.42. The largest absolute Gasteiger partial charge is 0.393 e. The molecule has 0 bridgehead atoms. The maximum absolute atomic E-state index is 13.9. The van der Waals surface area contributed by atoms with E-state index in [2.05, 4.69) is 13.8 Å². The lowest BCUT2D eigenvalue weighted by Crippen LogP contribution is -2.21. The Morgan fingerprint density at radius 2 is 1.08 bits per heavy atom. The van der Waals surface area contributed by atoms with Crippen LogP contribution in [0.4, 0.5) is 4.39 Å². The predicted molar refractivity (Wildman–Crippen MR) is 105 cm³/mol. The molecule has 0 aliphatic carbocycles. The first-order valence-electron chi connectivity index (χ1n) is 10.9. The SMILES string of the molecule is CCCCCCCCCCCC(O)C(C)CC(F)CCCCCC. The molecule has 0 aromatic carbocycles. The third kappa shape index (κ3) is 15.4. The molecular formula is C22H45FO. The van der Waals surface area contributed by atoms with Gasteiger partial charge in [-0.1, -0.05) is 104 Å². The molecule has 24 heavy (non-hydrogen) atoms. The molecule has 0 aliphatic heterocycles. The standard InChI is InChI=1S/C22H45FO/c1-4-6-8-10-11-12-13-14-16-18-22(24)20(3)19-21(23)17-15-9-7-5-2/h20-22,24H,4-19H2,1-3H3. The smallest absolute Gasteiger partial charge is 0.100 e. The molecule has 0 rings (SSSR count). The van der Waals surface area contributed by atoms with E-state index in [4.69, 9.17) is 0 Å². The molecule has 0 heterocycles. The van der Waals surface area contributed by atoms with Crippen molar-refractivity contribution in [3.05, 3.63) is 0 Å². The van der Waals surface area contributed by atoms with Crippen LogP contribution < -0.4 is 0 Å². The van der Waals surface area contributed by atoms with E-state index in [0.717, 1.165) is 25.7 Å². The minimum absolute atomic E-state index is 0.0974. The van der Waals surface area contributed by atoms with Gasteiger partial charge in [0, 0.05) is 0 Å². The van der Waals surface area contributed by atoms with Crippen molar-refractivity contribution in [2.24, 2.45) is 5.92 Å². The monoisotopic (exact) mass is 344 g/mol. The number of alkyl halides is 1. The van der Waals surface area contributed by atoms with Crippen LogP contribution in [0.1, 0.15) is 124 Å². The molecule has 0 spiro atoms. The normalized spacial score (nSPS) is 15.4. The van der Waals surface area contributed by atoms with Gasteiger partial charge in [-0.3, -0.25) is 0 Å². The summed E-state index contributed by atoms with van der Waals surface area (Å²) >= 11 is 0. The van der Waals surface area contributed by atoms with Crippen molar-refractivity contribution in [3.63, 3.8) is 0 Å². The van der Waals surface area contributed by atoms with Crippen molar-refractivity contribution < 1.29 is 9.50 Å². The molecule has 146 valence electrons. The summed E-state index contributed by atoms with van der Waals surface area (Å²) in [5.74, 6) is 0.0974. The average Bonchev–Trinajstić information content (AvgIpc) is 2.57. The van der Waals surface area contributed by atoms with Gasteiger partial charge in [0.2, 0.25) is 0 Å². The Balaban J connectivity index is 3.49. The van der Waals surface area contributed by atoms with E-state index in [-0.39, 0.29) is 12.0 Å². The second kappa shape index (κ2) is 17.7. The van der Waals surface area contributed by atoms with Crippen LogP contribution in [0.25, 0.3) is 0 Å². The zero-order valence-corrected chi connectivity index (χ0v) is 16.9. The molecule has 1 N–H and O–H groups in total. The number of unbranched alkanes of at least 4 members (excludes halogenated alkanes) is 11. The Bertz CT molecular complexity index is 244. The second-order valence-corrected chi connectivity index (χ2v) is 7.84. The van der Waals surface area contributed by atoms with Crippen molar-refractivity contribution >= 4 is 0 Å². The lowest BCUT2D eigenvalue weighted by Gasteiger charge is -2.20. The van der Waals surface area contributed by atoms with Gasteiger partial charge < -0.3 is 5.11 Å². The van der Waals surface area contributed by atoms with Crippen LogP contribution in [0.3, 0.4) is 0 Å². The molecule has 3 unspecified atom stereocenters. The summed E-state index contributed by atoms with van der Waals surface area (Å²) in [7, 11) is 0. The van der Waals surface area contributed by atoms with E-state index in [1.807, 2.05) is 6.92 Å². The number of hydrogen-bond donors (Lipinski definition) is 1. The molecule has 0 saturated carbocycles. The molecule has 0 saturated heterocycles. The minimum Gasteiger partial charge on any atom is -0.393 e. The summed E-state index contributed by atoms with van der Waals surface area (Å²) in [6.45, 7) is 6.44. The van der Waals surface area contributed by atoms with Crippen LogP contribution in [-0.4, -0.2) is 17.4 Å². The number of aliphatic hydroxyl groups excluding tert-OH is 1. The quantitative estimate of drug-likeness (QED) is 0.254. The molecule has 0 aromatic heterocycles. The first-order valence-corrected chi connectivity index (χ1v) is 10.9. The lowest BCUT2D eigenvalue weighted by atomic mass is 9.92. The molecule has 0 radical (unpaired) electrons. The predicted octanol–water partition coefficient (Wildman–Crippen LogP) is 7.60. The van der Waals surface area contributed by atoms with E-state index in [1.165, 1.54) is 64.2 Å². The average molecular weight is 345 g/mol. The lowest BCUT2D eigenvalue weighted by molar-refractivity contribution is 0.0825. The summed E-state index contributed by atoms with van der Waals surface area (Å²) in [6.07, 6.45) is 17.3. The molecule has 0 fully saturated rings. The van der Waals surface area contributed by atoms with Gasteiger partial charge in [0.05, 0.1) is 6.10 Å². The van der Waals surface area contributed by atoms with Gasteiger partial charge in [-0.25, -0.2) is 4.39 Å². The summed E-state index contributed by atoms with van der Waals surface area (Å²) in [4.78, 5) is 0. The maximum Gasteiger partial charge on any atom is 0.100 e. The van der Waals surface area contributed by atoms with E-state index < -0.39 is 6.17 Å². The molecule has 3 atom stereocenters. The van der Waals surface area contributed by atoms with E-state index in [0.29, 0.717) is 12.8 Å². The van der Waals surface area contributed by atoms with Crippen LogP contribution in [0, 0.1) is 5.92 Å². The van der Waals surface area contributed by atoms with Crippen molar-refractivity contribution in [3.8, 4) is 0 Å². The number of hydrogen-bond acceptors (Lipinski definition) is 1. The number of aliphatic hydroxyl groups is 1. The van der Waals surface area contributed by atoms with Gasteiger partial charge >= 0.3 is 0 Å². The Hall–Kier alpha value is -0.110. The van der Waals surface area contributed by atoms with E-state index in [1.54, 1.807) is 0 Å².